The topological polar surface area (TPSA) is 33.6 Å². The lowest BCUT2D eigenvalue weighted by Crippen LogP contribution is -1.97. The van der Waals surface area contributed by atoms with Crippen molar-refractivity contribution in [1.29, 1.82) is 0 Å². The zero-order valence-corrected chi connectivity index (χ0v) is 8.22. The van der Waals surface area contributed by atoms with Crippen molar-refractivity contribution in [3.05, 3.63) is 54.6 Å². The molecule has 0 aliphatic carbocycles. The van der Waals surface area contributed by atoms with Crippen molar-refractivity contribution in [2.75, 3.05) is 0 Å². The Kier molecular flexibility index (Phi) is 1.81. The quantitative estimate of drug-likeness (QED) is 0.672. The van der Waals surface area contributed by atoms with Crippen molar-refractivity contribution < 1.29 is 0 Å². The molecule has 3 rings (SSSR count). The molecule has 3 aromatic rings. The van der Waals surface area contributed by atoms with Crippen molar-refractivity contribution in [1.82, 2.24) is 14.5 Å². The predicted molar refractivity (Wildman–Crippen MR) is 59.6 cm³/mol. The molecule has 15 heavy (non-hydrogen) atoms. The molecule has 2 aromatic heterocycles. The molecule has 3 nitrogen and oxygen atoms in total. The van der Waals surface area contributed by atoms with Crippen LogP contribution in [0.3, 0.4) is 0 Å². The lowest BCUT2D eigenvalue weighted by atomic mass is 10.3. The molecule has 0 atom stereocenters. The van der Waals surface area contributed by atoms with Gasteiger partial charge in [0.1, 0.15) is 5.82 Å². The maximum absolute atomic E-state index is 4.51. The fourth-order valence-electron chi connectivity index (χ4n) is 1.73. The number of aromatic nitrogens is 3. The van der Waals surface area contributed by atoms with Gasteiger partial charge in [-0.05, 0) is 24.3 Å². The second kappa shape index (κ2) is 3.28. The molecule has 0 fully saturated rings. The van der Waals surface area contributed by atoms with E-state index in [1.54, 1.807) is 0 Å². The van der Waals surface area contributed by atoms with Crippen molar-refractivity contribution in [3.63, 3.8) is 0 Å². The van der Waals surface area contributed by atoms with Gasteiger partial charge in [0.15, 0.2) is 0 Å². The van der Waals surface area contributed by atoms with Crippen LogP contribution in [0.5, 0.6) is 0 Å². The number of hydrogen-bond acceptors (Lipinski definition) is 1. The smallest absolute Gasteiger partial charge is 0.127 e. The molecule has 0 bridgehead atoms. The summed E-state index contributed by atoms with van der Waals surface area (Å²) in [5.74, 6) is 0.993. The van der Waals surface area contributed by atoms with Gasteiger partial charge in [0.2, 0.25) is 0 Å². The number of nitrogens with zero attached hydrogens (tertiary/aromatic N) is 2. The van der Waals surface area contributed by atoms with Gasteiger partial charge in [0.05, 0.1) is 17.6 Å². The number of fused-ring (bicyclic) bond motifs is 1. The van der Waals surface area contributed by atoms with Crippen molar-refractivity contribution in [3.8, 4) is 0 Å². The van der Waals surface area contributed by atoms with Crippen LogP contribution in [-0.4, -0.2) is 14.5 Å². The summed E-state index contributed by atoms with van der Waals surface area (Å²) in [6, 6.07) is 12.1. The molecular weight excluding hydrogens is 186 g/mol. The number of benzene rings is 1. The van der Waals surface area contributed by atoms with E-state index >= 15 is 0 Å². The van der Waals surface area contributed by atoms with Gasteiger partial charge < -0.3 is 9.55 Å². The summed E-state index contributed by atoms with van der Waals surface area (Å²) >= 11 is 0. The minimum Gasteiger partial charge on any atom is -0.347 e. The Hall–Kier alpha value is -2.03. The second-order valence-electron chi connectivity index (χ2n) is 3.56. The minimum atomic E-state index is 0.793. The Morgan fingerprint density at radius 2 is 1.87 bits per heavy atom. The van der Waals surface area contributed by atoms with Gasteiger partial charge in [-0.15, -0.1) is 0 Å². The van der Waals surface area contributed by atoms with Crippen molar-refractivity contribution >= 4 is 11.0 Å². The van der Waals surface area contributed by atoms with Gasteiger partial charge in [-0.2, -0.15) is 0 Å². The molecule has 1 aromatic carbocycles. The van der Waals surface area contributed by atoms with Crippen LogP contribution in [0.4, 0.5) is 0 Å². The lowest BCUT2D eigenvalue weighted by molar-refractivity contribution is 0.765. The highest BCUT2D eigenvalue weighted by Gasteiger charge is 2.01. The van der Waals surface area contributed by atoms with Crippen LogP contribution in [-0.2, 0) is 6.54 Å². The molecule has 0 saturated heterocycles. The van der Waals surface area contributed by atoms with Crippen molar-refractivity contribution in [2.45, 2.75) is 6.54 Å². The van der Waals surface area contributed by atoms with Crippen LogP contribution in [0.1, 0.15) is 5.82 Å². The molecule has 0 aliphatic rings. The highest BCUT2D eigenvalue weighted by molar-refractivity contribution is 5.74. The molecule has 0 unspecified atom stereocenters. The van der Waals surface area contributed by atoms with E-state index < -0.39 is 0 Å². The number of para-hydroxylation sites is 2. The first-order chi connectivity index (χ1) is 7.42. The molecule has 2 heterocycles. The van der Waals surface area contributed by atoms with Gasteiger partial charge >= 0.3 is 0 Å². The number of rotatable bonds is 2. The Balaban J connectivity index is 1.98. The standard InChI is InChI=1S/C12H11N3/c1-2-6-11-10(5-1)13-12(14-11)9-15-7-3-4-8-15/h1-8H,9H2,(H,13,14). The Bertz CT molecular complexity index is 530. The van der Waals surface area contributed by atoms with E-state index in [1.807, 2.05) is 48.8 Å². The first-order valence-corrected chi connectivity index (χ1v) is 4.96. The van der Waals surface area contributed by atoms with Crippen molar-refractivity contribution in [2.24, 2.45) is 0 Å². The largest absolute Gasteiger partial charge is 0.347 e. The highest BCUT2D eigenvalue weighted by Crippen LogP contribution is 2.10. The summed E-state index contributed by atoms with van der Waals surface area (Å²) in [5, 5.41) is 0. The molecular formula is C12H11N3. The van der Waals surface area contributed by atoms with Crippen LogP contribution >= 0.6 is 0 Å². The number of nitrogens with one attached hydrogen (secondary N) is 1. The Morgan fingerprint density at radius 1 is 1.07 bits per heavy atom. The van der Waals surface area contributed by atoms with Crippen LogP contribution < -0.4 is 0 Å². The first-order valence-electron chi connectivity index (χ1n) is 4.96. The average Bonchev–Trinajstić information content (AvgIpc) is 2.86. The van der Waals surface area contributed by atoms with Crippen LogP contribution in [0.15, 0.2) is 48.8 Å². The fourth-order valence-corrected chi connectivity index (χ4v) is 1.73. The van der Waals surface area contributed by atoms with Crippen LogP contribution in [0.25, 0.3) is 11.0 Å². The molecule has 0 radical (unpaired) electrons. The van der Waals surface area contributed by atoms with E-state index in [0.29, 0.717) is 0 Å². The van der Waals surface area contributed by atoms with Crippen LogP contribution in [0.2, 0.25) is 0 Å². The van der Waals surface area contributed by atoms with Crippen LogP contribution in [0, 0.1) is 0 Å². The van der Waals surface area contributed by atoms with E-state index in [2.05, 4.69) is 14.5 Å². The molecule has 74 valence electrons. The summed E-state index contributed by atoms with van der Waals surface area (Å²) in [6.45, 7) is 0.793. The highest BCUT2D eigenvalue weighted by atomic mass is 15.0. The minimum absolute atomic E-state index is 0.793. The number of H-pyrrole nitrogens is 1. The summed E-state index contributed by atoms with van der Waals surface area (Å²) in [6.07, 6.45) is 4.07. The van der Waals surface area contributed by atoms with E-state index in [1.165, 1.54) is 0 Å². The molecule has 0 spiro atoms. The zero-order valence-electron chi connectivity index (χ0n) is 8.22. The lowest BCUT2D eigenvalue weighted by Gasteiger charge is -1.97. The molecule has 0 aliphatic heterocycles. The fraction of sp³-hybridized carbons (Fsp3) is 0.0833. The Labute approximate surface area is 87.4 Å². The molecule has 0 saturated carbocycles. The summed E-state index contributed by atoms with van der Waals surface area (Å²) < 4.78 is 2.09. The number of hydrogen-bond donors (Lipinski definition) is 1. The third-order valence-corrected chi connectivity index (χ3v) is 2.44. The monoisotopic (exact) mass is 197 g/mol. The first kappa shape index (κ1) is 8.29. The zero-order chi connectivity index (χ0) is 10.1. The maximum atomic E-state index is 4.51. The summed E-state index contributed by atoms with van der Waals surface area (Å²) in [4.78, 5) is 7.81. The van der Waals surface area contributed by atoms with Gasteiger partial charge in [-0.1, -0.05) is 12.1 Å². The summed E-state index contributed by atoms with van der Waals surface area (Å²) in [5.41, 5.74) is 2.12. The third-order valence-electron chi connectivity index (χ3n) is 2.44. The average molecular weight is 197 g/mol. The van der Waals surface area contributed by atoms with E-state index in [-0.39, 0.29) is 0 Å². The Morgan fingerprint density at radius 3 is 2.67 bits per heavy atom. The van der Waals surface area contributed by atoms with E-state index in [0.717, 1.165) is 23.4 Å². The van der Waals surface area contributed by atoms with Gasteiger partial charge in [0, 0.05) is 12.4 Å². The van der Waals surface area contributed by atoms with E-state index in [9.17, 15) is 0 Å². The maximum Gasteiger partial charge on any atom is 0.127 e. The van der Waals surface area contributed by atoms with E-state index in [4.69, 9.17) is 0 Å². The molecule has 1 N–H and O–H groups in total. The SMILES string of the molecule is c1ccc2[nH]c(Cn3cccc3)nc2c1. The normalized spacial score (nSPS) is 10.9. The third kappa shape index (κ3) is 1.52. The second-order valence-corrected chi connectivity index (χ2v) is 3.56. The summed E-state index contributed by atoms with van der Waals surface area (Å²) in [7, 11) is 0. The molecule has 0 amide bonds. The van der Waals surface area contributed by atoms with Gasteiger partial charge in [-0.3, -0.25) is 0 Å². The predicted octanol–water partition coefficient (Wildman–Crippen LogP) is 2.41. The molecule has 3 heteroatoms. The number of imidazole rings is 1. The van der Waals surface area contributed by atoms with Gasteiger partial charge in [-0.25, -0.2) is 4.98 Å². The van der Waals surface area contributed by atoms with Gasteiger partial charge in [0.25, 0.3) is 0 Å². The number of aromatic amines is 1.